The van der Waals surface area contributed by atoms with Crippen LogP contribution in [0.25, 0.3) is 0 Å². The van der Waals surface area contributed by atoms with Gasteiger partial charge in [-0.05, 0) is 58.3 Å². The average molecular weight is 212 g/mol. The first-order chi connectivity index (χ1) is 7.29. The van der Waals surface area contributed by atoms with E-state index in [0.717, 1.165) is 38.9 Å². The SMILES string of the molecule is OC1(CN2CCCCC2)CCCNCC1. The van der Waals surface area contributed by atoms with E-state index in [1.54, 1.807) is 0 Å². The van der Waals surface area contributed by atoms with Crippen LogP contribution in [0.5, 0.6) is 0 Å². The molecule has 2 N–H and O–H groups in total. The topological polar surface area (TPSA) is 35.5 Å². The minimum absolute atomic E-state index is 0.416. The van der Waals surface area contributed by atoms with Gasteiger partial charge in [-0.15, -0.1) is 0 Å². The van der Waals surface area contributed by atoms with Crippen LogP contribution in [0.15, 0.2) is 0 Å². The molecule has 3 heteroatoms. The molecule has 0 amide bonds. The number of β-amino-alcohol motifs (C(OH)–C–C–N with tert-alkyl or cyclic N) is 1. The molecule has 0 aliphatic carbocycles. The van der Waals surface area contributed by atoms with Gasteiger partial charge < -0.3 is 15.3 Å². The number of aliphatic hydroxyl groups is 1. The van der Waals surface area contributed by atoms with Crippen molar-refractivity contribution >= 4 is 0 Å². The van der Waals surface area contributed by atoms with Crippen molar-refractivity contribution in [3.8, 4) is 0 Å². The zero-order valence-corrected chi connectivity index (χ0v) is 9.67. The second-order valence-corrected chi connectivity index (χ2v) is 5.16. The van der Waals surface area contributed by atoms with Gasteiger partial charge in [0.1, 0.15) is 0 Å². The molecule has 2 heterocycles. The second kappa shape index (κ2) is 5.28. The molecule has 0 aromatic heterocycles. The standard InChI is InChI=1S/C12H24N2O/c15-12(5-4-7-13-8-6-12)11-14-9-2-1-3-10-14/h13,15H,1-11H2. The highest BCUT2D eigenvalue weighted by Crippen LogP contribution is 2.22. The molecular weight excluding hydrogens is 188 g/mol. The van der Waals surface area contributed by atoms with Crippen LogP contribution in [0.1, 0.15) is 38.5 Å². The molecule has 1 unspecified atom stereocenters. The molecule has 0 radical (unpaired) electrons. The van der Waals surface area contributed by atoms with Gasteiger partial charge in [0.2, 0.25) is 0 Å². The summed E-state index contributed by atoms with van der Waals surface area (Å²) in [5, 5.41) is 13.9. The largest absolute Gasteiger partial charge is 0.389 e. The van der Waals surface area contributed by atoms with Crippen molar-refractivity contribution in [3.05, 3.63) is 0 Å². The molecule has 0 saturated carbocycles. The predicted molar refractivity (Wildman–Crippen MR) is 62.0 cm³/mol. The van der Waals surface area contributed by atoms with Gasteiger partial charge in [0.15, 0.2) is 0 Å². The molecule has 0 bridgehead atoms. The maximum absolute atomic E-state index is 10.5. The molecule has 2 aliphatic heterocycles. The van der Waals surface area contributed by atoms with Crippen LogP contribution in [0.3, 0.4) is 0 Å². The number of nitrogens with zero attached hydrogens (tertiary/aromatic N) is 1. The Bertz CT molecular complexity index is 182. The van der Waals surface area contributed by atoms with Gasteiger partial charge in [-0.2, -0.15) is 0 Å². The molecule has 1 atom stereocenters. The molecule has 2 saturated heterocycles. The summed E-state index contributed by atoms with van der Waals surface area (Å²) in [6.45, 7) is 5.33. The Balaban J connectivity index is 1.83. The fourth-order valence-corrected chi connectivity index (χ4v) is 2.81. The molecule has 0 aromatic carbocycles. The fraction of sp³-hybridized carbons (Fsp3) is 1.00. The number of hydrogen-bond acceptors (Lipinski definition) is 3. The molecule has 15 heavy (non-hydrogen) atoms. The predicted octanol–water partition coefficient (Wildman–Crippen LogP) is 0.977. The third-order valence-corrected chi connectivity index (χ3v) is 3.73. The highest BCUT2D eigenvalue weighted by atomic mass is 16.3. The first-order valence-corrected chi connectivity index (χ1v) is 6.44. The van der Waals surface area contributed by atoms with Crippen LogP contribution in [0, 0.1) is 0 Å². The van der Waals surface area contributed by atoms with Crippen LogP contribution in [-0.4, -0.2) is 48.3 Å². The fourth-order valence-electron chi connectivity index (χ4n) is 2.81. The summed E-state index contributed by atoms with van der Waals surface area (Å²) in [7, 11) is 0. The van der Waals surface area contributed by atoms with E-state index >= 15 is 0 Å². The lowest BCUT2D eigenvalue weighted by molar-refractivity contribution is -0.0109. The van der Waals surface area contributed by atoms with Crippen molar-refractivity contribution in [2.45, 2.75) is 44.1 Å². The first kappa shape index (κ1) is 11.4. The summed E-state index contributed by atoms with van der Waals surface area (Å²) in [5.74, 6) is 0. The molecule has 2 aliphatic rings. The first-order valence-electron chi connectivity index (χ1n) is 6.44. The number of nitrogens with one attached hydrogen (secondary N) is 1. The van der Waals surface area contributed by atoms with Gasteiger partial charge in [-0.1, -0.05) is 6.42 Å². The minimum atomic E-state index is -0.416. The van der Waals surface area contributed by atoms with Crippen molar-refractivity contribution in [1.82, 2.24) is 10.2 Å². The summed E-state index contributed by atoms with van der Waals surface area (Å²) in [5.41, 5.74) is -0.416. The molecule has 0 spiro atoms. The van der Waals surface area contributed by atoms with Gasteiger partial charge >= 0.3 is 0 Å². The highest BCUT2D eigenvalue weighted by Gasteiger charge is 2.30. The zero-order chi connectivity index (χ0) is 10.6. The monoisotopic (exact) mass is 212 g/mol. The summed E-state index contributed by atoms with van der Waals surface area (Å²) in [4.78, 5) is 2.45. The maximum atomic E-state index is 10.5. The smallest absolute Gasteiger partial charge is 0.0786 e. The van der Waals surface area contributed by atoms with Gasteiger partial charge in [-0.25, -0.2) is 0 Å². The van der Waals surface area contributed by atoms with E-state index in [9.17, 15) is 5.11 Å². The molecule has 0 aromatic rings. The third-order valence-electron chi connectivity index (χ3n) is 3.73. The van der Waals surface area contributed by atoms with Crippen LogP contribution >= 0.6 is 0 Å². The van der Waals surface area contributed by atoms with Crippen molar-refractivity contribution in [3.63, 3.8) is 0 Å². The number of rotatable bonds is 2. The van der Waals surface area contributed by atoms with Crippen molar-refractivity contribution in [1.29, 1.82) is 0 Å². The number of piperidine rings is 1. The normalized spacial score (nSPS) is 35.0. The lowest BCUT2D eigenvalue weighted by Gasteiger charge is -2.35. The lowest BCUT2D eigenvalue weighted by Crippen LogP contribution is -2.45. The van der Waals surface area contributed by atoms with E-state index < -0.39 is 5.60 Å². The van der Waals surface area contributed by atoms with Crippen LogP contribution in [0.2, 0.25) is 0 Å². The number of likely N-dealkylation sites (tertiary alicyclic amines) is 1. The Hall–Kier alpha value is -0.120. The molecule has 2 fully saturated rings. The summed E-state index contributed by atoms with van der Waals surface area (Å²) >= 11 is 0. The van der Waals surface area contributed by atoms with Gasteiger partial charge in [0.05, 0.1) is 5.60 Å². The van der Waals surface area contributed by atoms with Crippen LogP contribution < -0.4 is 5.32 Å². The Morgan fingerprint density at radius 1 is 1.00 bits per heavy atom. The average Bonchev–Trinajstić information content (AvgIpc) is 2.45. The Kier molecular flexibility index (Phi) is 4.00. The summed E-state index contributed by atoms with van der Waals surface area (Å²) < 4.78 is 0. The van der Waals surface area contributed by atoms with Crippen LogP contribution in [-0.2, 0) is 0 Å². The van der Waals surface area contributed by atoms with Crippen molar-refractivity contribution in [2.75, 3.05) is 32.7 Å². The van der Waals surface area contributed by atoms with Gasteiger partial charge in [0.25, 0.3) is 0 Å². The van der Waals surface area contributed by atoms with Crippen molar-refractivity contribution < 1.29 is 5.11 Å². The van der Waals surface area contributed by atoms with Gasteiger partial charge in [-0.3, -0.25) is 0 Å². The lowest BCUT2D eigenvalue weighted by atomic mass is 9.93. The maximum Gasteiger partial charge on any atom is 0.0786 e. The molecule has 88 valence electrons. The second-order valence-electron chi connectivity index (χ2n) is 5.16. The summed E-state index contributed by atoms with van der Waals surface area (Å²) in [6.07, 6.45) is 7.00. The Morgan fingerprint density at radius 2 is 1.80 bits per heavy atom. The quantitative estimate of drug-likeness (QED) is 0.716. The van der Waals surface area contributed by atoms with E-state index in [1.165, 1.54) is 32.4 Å². The third kappa shape index (κ3) is 3.44. The molecular formula is C12H24N2O. The number of hydrogen-bond donors (Lipinski definition) is 2. The summed E-state index contributed by atoms with van der Waals surface area (Å²) in [6, 6.07) is 0. The van der Waals surface area contributed by atoms with Crippen molar-refractivity contribution in [2.24, 2.45) is 0 Å². The minimum Gasteiger partial charge on any atom is -0.389 e. The van der Waals surface area contributed by atoms with E-state index in [1.807, 2.05) is 0 Å². The highest BCUT2D eigenvalue weighted by molar-refractivity contribution is 4.86. The Labute approximate surface area is 92.8 Å². The Morgan fingerprint density at radius 3 is 2.60 bits per heavy atom. The van der Waals surface area contributed by atoms with E-state index in [4.69, 9.17) is 0 Å². The van der Waals surface area contributed by atoms with Gasteiger partial charge in [0, 0.05) is 6.54 Å². The zero-order valence-electron chi connectivity index (χ0n) is 9.67. The molecule has 2 rings (SSSR count). The molecule has 3 nitrogen and oxygen atoms in total. The van der Waals surface area contributed by atoms with E-state index in [2.05, 4.69) is 10.2 Å². The van der Waals surface area contributed by atoms with E-state index in [0.29, 0.717) is 0 Å². The van der Waals surface area contributed by atoms with E-state index in [-0.39, 0.29) is 0 Å². The van der Waals surface area contributed by atoms with Crippen LogP contribution in [0.4, 0.5) is 0 Å².